The summed E-state index contributed by atoms with van der Waals surface area (Å²) in [6.45, 7) is 7.77. The number of thiocarbonyl (C=S) groups is 1. The van der Waals surface area contributed by atoms with Gasteiger partial charge in [-0.2, -0.15) is 5.26 Å². The lowest BCUT2D eigenvalue weighted by atomic mass is 9.79. The first-order chi connectivity index (χ1) is 10.6. The number of anilines is 1. The molecule has 1 aliphatic heterocycles. The fourth-order valence-electron chi connectivity index (χ4n) is 2.96. The number of alkyl halides is 2. The average Bonchev–Trinajstić information content (AvgIpc) is 2.47. The van der Waals surface area contributed by atoms with E-state index in [9.17, 15) is 8.78 Å². The van der Waals surface area contributed by atoms with Gasteiger partial charge in [-0.1, -0.05) is 38.6 Å². The van der Waals surface area contributed by atoms with Crippen molar-refractivity contribution in [2.75, 3.05) is 11.4 Å². The second kappa shape index (κ2) is 6.01. The second-order valence-electron chi connectivity index (χ2n) is 6.56. The Balaban J connectivity index is 2.50. The Morgan fingerprint density at radius 1 is 1.39 bits per heavy atom. The molecule has 23 heavy (non-hydrogen) atoms. The summed E-state index contributed by atoms with van der Waals surface area (Å²) in [5, 5.41) is 9.05. The highest BCUT2D eigenvalue weighted by atomic mass is 32.1. The van der Waals surface area contributed by atoms with Crippen molar-refractivity contribution in [2.24, 2.45) is 5.41 Å². The van der Waals surface area contributed by atoms with Crippen LogP contribution in [0.3, 0.4) is 0 Å². The molecule has 1 heterocycles. The maximum Gasteiger partial charge on any atom is 0.271 e. The molecule has 0 saturated heterocycles. The van der Waals surface area contributed by atoms with Gasteiger partial charge in [-0.3, -0.25) is 0 Å². The van der Waals surface area contributed by atoms with Gasteiger partial charge in [-0.15, -0.1) is 0 Å². The van der Waals surface area contributed by atoms with E-state index in [0.29, 0.717) is 17.2 Å². The zero-order valence-corrected chi connectivity index (χ0v) is 14.6. The van der Waals surface area contributed by atoms with Crippen LogP contribution in [-0.4, -0.2) is 11.5 Å². The van der Waals surface area contributed by atoms with Crippen LogP contribution in [0.5, 0.6) is 0 Å². The first kappa shape index (κ1) is 17.6. The molecule has 122 valence electrons. The minimum atomic E-state index is -3.07. The summed E-state index contributed by atoms with van der Waals surface area (Å²) in [6.07, 6.45) is 2.87. The molecule has 0 radical (unpaired) electrons. The monoisotopic (exact) mass is 334 g/mol. The third-order valence-corrected chi connectivity index (χ3v) is 4.61. The first-order valence-electron chi connectivity index (χ1n) is 7.55. The molecule has 0 aliphatic carbocycles. The number of benzene rings is 1. The molecule has 1 aromatic rings. The fourth-order valence-corrected chi connectivity index (χ4v) is 3.27. The summed E-state index contributed by atoms with van der Waals surface area (Å²) in [5.41, 5.74) is 1.51. The van der Waals surface area contributed by atoms with Gasteiger partial charge in [0.2, 0.25) is 0 Å². The van der Waals surface area contributed by atoms with Crippen molar-refractivity contribution in [2.45, 2.75) is 40.0 Å². The molecule has 0 saturated carbocycles. The van der Waals surface area contributed by atoms with Gasteiger partial charge in [0, 0.05) is 30.1 Å². The molecule has 5 heteroatoms. The van der Waals surface area contributed by atoms with Crippen LogP contribution in [0.25, 0.3) is 0 Å². The average molecular weight is 334 g/mol. The predicted octanol–water partition coefficient (Wildman–Crippen LogP) is 5.18. The quantitative estimate of drug-likeness (QED) is 0.713. The molecule has 1 aromatic carbocycles. The molecule has 0 aromatic heterocycles. The third-order valence-electron chi connectivity index (χ3n) is 4.28. The van der Waals surface area contributed by atoms with Gasteiger partial charge in [0.15, 0.2) is 0 Å². The molecule has 1 aliphatic rings. The molecule has 0 bridgehead atoms. The van der Waals surface area contributed by atoms with E-state index in [0.717, 1.165) is 13.3 Å². The molecular weight excluding hydrogens is 314 g/mol. The number of rotatable bonds is 3. The van der Waals surface area contributed by atoms with Crippen molar-refractivity contribution in [3.8, 4) is 6.07 Å². The Labute approximate surface area is 141 Å². The van der Waals surface area contributed by atoms with Crippen molar-refractivity contribution < 1.29 is 8.78 Å². The smallest absolute Gasteiger partial charge is 0.271 e. The summed E-state index contributed by atoms with van der Waals surface area (Å²) in [5.74, 6) is -3.07. The van der Waals surface area contributed by atoms with Crippen LogP contribution in [0.1, 0.15) is 45.2 Å². The predicted molar refractivity (Wildman–Crippen MR) is 92.8 cm³/mol. The van der Waals surface area contributed by atoms with Crippen molar-refractivity contribution in [1.29, 1.82) is 5.26 Å². The van der Waals surface area contributed by atoms with E-state index >= 15 is 0 Å². The van der Waals surface area contributed by atoms with Gasteiger partial charge in [-0.25, -0.2) is 8.78 Å². The largest absolute Gasteiger partial charge is 0.332 e. The van der Waals surface area contributed by atoms with E-state index in [1.165, 1.54) is 17.7 Å². The maximum absolute atomic E-state index is 13.8. The lowest BCUT2D eigenvalue weighted by Crippen LogP contribution is -2.42. The number of nitriles is 1. The van der Waals surface area contributed by atoms with Gasteiger partial charge >= 0.3 is 0 Å². The van der Waals surface area contributed by atoms with E-state index in [1.807, 2.05) is 17.0 Å². The van der Waals surface area contributed by atoms with Crippen molar-refractivity contribution >= 4 is 22.9 Å². The molecule has 0 unspecified atom stereocenters. The molecule has 0 N–H and O–H groups in total. The summed E-state index contributed by atoms with van der Waals surface area (Å²) >= 11 is 5.45. The first-order valence-corrected chi connectivity index (χ1v) is 7.96. The van der Waals surface area contributed by atoms with Gasteiger partial charge in [0.25, 0.3) is 5.92 Å². The Kier molecular flexibility index (Phi) is 4.59. The van der Waals surface area contributed by atoms with Crippen LogP contribution < -0.4 is 4.90 Å². The van der Waals surface area contributed by atoms with Crippen molar-refractivity contribution in [1.82, 2.24) is 0 Å². The van der Waals surface area contributed by atoms with Gasteiger partial charge in [0.05, 0.1) is 11.6 Å². The Bertz CT molecular complexity index is 709. The van der Waals surface area contributed by atoms with Crippen molar-refractivity contribution in [3.05, 3.63) is 41.0 Å². The van der Waals surface area contributed by atoms with Crippen molar-refractivity contribution in [3.63, 3.8) is 0 Å². The topological polar surface area (TPSA) is 27.0 Å². The van der Waals surface area contributed by atoms with Gasteiger partial charge < -0.3 is 4.90 Å². The second-order valence-corrected chi connectivity index (χ2v) is 6.98. The van der Waals surface area contributed by atoms with Crippen LogP contribution in [0.15, 0.2) is 29.8 Å². The normalized spacial score (nSPS) is 17.7. The van der Waals surface area contributed by atoms with E-state index in [2.05, 4.69) is 20.8 Å². The molecule has 0 atom stereocenters. The molecule has 2 rings (SSSR count). The van der Waals surface area contributed by atoms with E-state index in [1.54, 1.807) is 6.07 Å². The highest BCUT2D eigenvalue weighted by molar-refractivity contribution is 7.81. The summed E-state index contributed by atoms with van der Waals surface area (Å²) < 4.78 is 27.6. The van der Waals surface area contributed by atoms with E-state index < -0.39 is 5.92 Å². The number of halogens is 2. The third kappa shape index (κ3) is 3.42. The van der Waals surface area contributed by atoms with Crippen LogP contribution in [0.4, 0.5) is 14.5 Å². The molecule has 2 nitrogen and oxygen atoms in total. The van der Waals surface area contributed by atoms with Crippen LogP contribution in [-0.2, 0) is 5.92 Å². The summed E-state index contributed by atoms with van der Waals surface area (Å²) in [7, 11) is 0. The van der Waals surface area contributed by atoms with Gasteiger partial charge in [-0.05, 0) is 30.7 Å². The molecule has 0 fully saturated rings. The van der Waals surface area contributed by atoms with Crippen LogP contribution in [0, 0.1) is 16.7 Å². The highest BCUT2D eigenvalue weighted by Gasteiger charge is 2.33. The number of hydrogen-bond donors (Lipinski definition) is 0. The molecular formula is C18H20F2N2S. The van der Waals surface area contributed by atoms with Crippen LogP contribution in [0.2, 0.25) is 0 Å². The van der Waals surface area contributed by atoms with Gasteiger partial charge in [0.1, 0.15) is 4.99 Å². The highest BCUT2D eigenvalue weighted by Crippen LogP contribution is 2.38. The summed E-state index contributed by atoms with van der Waals surface area (Å²) in [4.78, 5) is 2.49. The SMILES string of the molecule is CCC1=CC(=S)N(c2ccc(C#N)c(C(C)(F)F)c2)CC1(C)C. The van der Waals surface area contributed by atoms with E-state index in [4.69, 9.17) is 17.5 Å². The zero-order chi connectivity index (χ0) is 17.4. The lowest BCUT2D eigenvalue weighted by molar-refractivity contribution is 0.0172. The lowest BCUT2D eigenvalue weighted by Gasteiger charge is -2.40. The fraction of sp³-hybridized carbons (Fsp3) is 0.444. The minimum absolute atomic E-state index is 0.00627. The Morgan fingerprint density at radius 3 is 2.57 bits per heavy atom. The van der Waals surface area contributed by atoms with E-state index in [-0.39, 0.29) is 16.5 Å². The van der Waals surface area contributed by atoms with Crippen LogP contribution >= 0.6 is 12.2 Å². The Hall–Kier alpha value is -1.80. The standard InChI is InChI=1S/C18H20F2N2S/c1-5-13-8-16(23)22(11-17(13,2)3)14-7-6-12(10-21)15(9-14)18(4,19)20/h6-9H,5,11H2,1-4H3. The Morgan fingerprint density at radius 2 is 2.04 bits per heavy atom. The summed E-state index contributed by atoms with van der Waals surface area (Å²) in [6, 6.07) is 6.34. The minimum Gasteiger partial charge on any atom is -0.332 e. The molecule has 0 spiro atoms. The maximum atomic E-state index is 13.8. The number of nitrogens with zero attached hydrogens (tertiary/aromatic N) is 2. The molecule has 0 amide bonds. The zero-order valence-electron chi connectivity index (χ0n) is 13.8. The number of hydrogen-bond acceptors (Lipinski definition) is 2.